The van der Waals surface area contributed by atoms with Gasteiger partial charge in [0.25, 0.3) is 0 Å². The zero-order chi connectivity index (χ0) is 16.8. The lowest BCUT2D eigenvalue weighted by Gasteiger charge is -2.09. The minimum absolute atomic E-state index is 0.518. The van der Waals surface area contributed by atoms with Gasteiger partial charge >= 0.3 is 0 Å². The molecule has 3 aromatic heterocycles. The summed E-state index contributed by atoms with van der Waals surface area (Å²) < 4.78 is 4.38. The van der Waals surface area contributed by atoms with E-state index in [1.54, 1.807) is 0 Å². The molecule has 3 heteroatoms. The maximum atomic E-state index is 4.74. The van der Waals surface area contributed by atoms with Crippen molar-refractivity contribution in [2.45, 2.75) is 26.7 Å². The highest BCUT2D eigenvalue weighted by Gasteiger charge is 2.18. The van der Waals surface area contributed by atoms with Crippen LogP contribution in [0.5, 0.6) is 0 Å². The summed E-state index contributed by atoms with van der Waals surface area (Å²) in [5.74, 6) is 0.518. The van der Waals surface area contributed by atoms with Gasteiger partial charge in [0, 0.05) is 18.3 Å². The Balaban J connectivity index is 2.03. The number of hydrogen-bond acceptors (Lipinski definition) is 1. The Labute approximate surface area is 142 Å². The molecule has 0 atom stereocenters. The van der Waals surface area contributed by atoms with Crippen LogP contribution in [0.15, 0.2) is 54.9 Å². The first kappa shape index (κ1) is 14.9. The van der Waals surface area contributed by atoms with Crippen LogP contribution in [-0.4, -0.2) is 9.38 Å². The molecule has 0 aliphatic heterocycles. The summed E-state index contributed by atoms with van der Waals surface area (Å²) in [6.07, 6.45) is 4.24. The van der Waals surface area contributed by atoms with Gasteiger partial charge in [-0.05, 0) is 48.2 Å². The standard InChI is InChI=1S/C21H22N3/c1-14(2)16-10-12-23(4)19(13-16)17-8-9-18-21(15(17)3)24-11-6-5-7-20(24)22-18/h5-14H,1-4H3/q+1. The first-order valence-electron chi connectivity index (χ1n) is 8.42. The molecule has 0 amide bonds. The van der Waals surface area contributed by atoms with Crippen LogP contribution < -0.4 is 4.57 Å². The molecule has 3 heterocycles. The number of benzene rings is 1. The smallest absolute Gasteiger partial charge is 0.212 e. The molecule has 0 aliphatic rings. The van der Waals surface area contributed by atoms with Crippen LogP contribution in [0, 0.1) is 6.92 Å². The lowest BCUT2D eigenvalue weighted by molar-refractivity contribution is -0.660. The topological polar surface area (TPSA) is 21.2 Å². The maximum absolute atomic E-state index is 4.74. The van der Waals surface area contributed by atoms with E-state index < -0.39 is 0 Å². The summed E-state index contributed by atoms with van der Waals surface area (Å²) >= 11 is 0. The number of imidazole rings is 1. The second kappa shape index (κ2) is 5.45. The zero-order valence-electron chi connectivity index (χ0n) is 14.6. The summed E-state index contributed by atoms with van der Waals surface area (Å²) in [7, 11) is 2.11. The lowest BCUT2D eigenvalue weighted by atomic mass is 9.98. The van der Waals surface area contributed by atoms with Crippen LogP contribution in [0.3, 0.4) is 0 Å². The van der Waals surface area contributed by atoms with Crippen LogP contribution in [0.4, 0.5) is 0 Å². The Morgan fingerprint density at radius 3 is 2.71 bits per heavy atom. The number of hydrogen-bond donors (Lipinski definition) is 0. The Morgan fingerprint density at radius 2 is 1.92 bits per heavy atom. The van der Waals surface area contributed by atoms with Crippen LogP contribution in [-0.2, 0) is 7.05 Å². The molecule has 0 N–H and O–H groups in total. The Bertz CT molecular complexity index is 1060. The Kier molecular flexibility index (Phi) is 3.38. The molecule has 0 spiro atoms. The van der Waals surface area contributed by atoms with Gasteiger partial charge in [0.15, 0.2) is 6.20 Å². The van der Waals surface area contributed by atoms with Crippen molar-refractivity contribution in [2.75, 3.05) is 0 Å². The lowest BCUT2D eigenvalue weighted by Crippen LogP contribution is -2.30. The molecule has 0 unspecified atom stereocenters. The van der Waals surface area contributed by atoms with Crippen molar-refractivity contribution in [1.82, 2.24) is 9.38 Å². The second-order valence-corrected chi connectivity index (χ2v) is 6.76. The van der Waals surface area contributed by atoms with Gasteiger partial charge in [-0.2, -0.15) is 0 Å². The van der Waals surface area contributed by atoms with E-state index >= 15 is 0 Å². The number of nitrogens with zero attached hydrogens (tertiary/aromatic N) is 3. The maximum Gasteiger partial charge on any atom is 0.212 e. The minimum Gasteiger partial charge on any atom is -0.299 e. The molecule has 0 fully saturated rings. The molecule has 1 aromatic carbocycles. The summed E-state index contributed by atoms with van der Waals surface area (Å²) in [5, 5.41) is 0. The fraction of sp³-hybridized carbons (Fsp3) is 0.238. The SMILES string of the molecule is Cc1c(-c2cc(C(C)C)cc[n+]2C)ccc2nc3ccccn3c12. The molecule has 0 radical (unpaired) electrons. The average molecular weight is 316 g/mol. The highest BCUT2D eigenvalue weighted by molar-refractivity contribution is 5.88. The first-order valence-corrected chi connectivity index (χ1v) is 8.42. The quantitative estimate of drug-likeness (QED) is 0.502. The Morgan fingerprint density at radius 1 is 1.08 bits per heavy atom. The number of aromatic nitrogens is 3. The monoisotopic (exact) mass is 316 g/mol. The van der Waals surface area contributed by atoms with E-state index in [4.69, 9.17) is 4.98 Å². The second-order valence-electron chi connectivity index (χ2n) is 6.76. The molecular formula is C21H22N3+. The van der Waals surface area contributed by atoms with Crippen LogP contribution in [0.25, 0.3) is 27.9 Å². The van der Waals surface area contributed by atoms with E-state index in [2.05, 4.69) is 85.6 Å². The number of pyridine rings is 2. The van der Waals surface area contributed by atoms with Crippen LogP contribution in [0.1, 0.15) is 30.9 Å². The van der Waals surface area contributed by atoms with Crippen molar-refractivity contribution in [1.29, 1.82) is 0 Å². The van der Waals surface area contributed by atoms with Gasteiger partial charge in [0.1, 0.15) is 12.7 Å². The van der Waals surface area contributed by atoms with Crippen molar-refractivity contribution in [3.05, 3.63) is 66.0 Å². The summed E-state index contributed by atoms with van der Waals surface area (Å²) in [5.41, 5.74) is 8.37. The van der Waals surface area contributed by atoms with Crippen molar-refractivity contribution in [2.24, 2.45) is 7.05 Å². The van der Waals surface area contributed by atoms with Gasteiger partial charge in [-0.25, -0.2) is 9.55 Å². The number of aryl methyl sites for hydroxylation is 2. The van der Waals surface area contributed by atoms with Gasteiger partial charge in [-0.15, -0.1) is 0 Å². The molecular weight excluding hydrogens is 294 g/mol. The third-order valence-corrected chi connectivity index (χ3v) is 4.84. The van der Waals surface area contributed by atoms with Crippen LogP contribution >= 0.6 is 0 Å². The van der Waals surface area contributed by atoms with E-state index in [0.717, 1.165) is 11.2 Å². The van der Waals surface area contributed by atoms with E-state index in [1.807, 2.05) is 6.07 Å². The third kappa shape index (κ3) is 2.20. The summed E-state index contributed by atoms with van der Waals surface area (Å²) in [6, 6.07) is 15.0. The molecule has 0 saturated heterocycles. The highest BCUT2D eigenvalue weighted by atomic mass is 15.0. The molecule has 24 heavy (non-hydrogen) atoms. The first-order chi connectivity index (χ1) is 11.6. The van der Waals surface area contributed by atoms with Gasteiger partial charge in [-0.1, -0.05) is 19.9 Å². The average Bonchev–Trinajstić information content (AvgIpc) is 2.95. The summed E-state index contributed by atoms with van der Waals surface area (Å²) in [6.45, 7) is 6.67. The third-order valence-electron chi connectivity index (χ3n) is 4.84. The van der Waals surface area contributed by atoms with E-state index in [9.17, 15) is 0 Å². The minimum atomic E-state index is 0.518. The number of fused-ring (bicyclic) bond motifs is 3. The van der Waals surface area contributed by atoms with Crippen molar-refractivity contribution in [3.8, 4) is 11.3 Å². The number of rotatable bonds is 2. The molecule has 4 rings (SSSR count). The molecule has 120 valence electrons. The van der Waals surface area contributed by atoms with E-state index in [-0.39, 0.29) is 0 Å². The molecule has 0 aliphatic carbocycles. The highest BCUT2D eigenvalue weighted by Crippen LogP contribution is 2.29. The van der Waals surface area contributed by atoms with E-state index in [1.165, 1.54) is 27.9 Å². The fourth-order valence-electron chi connectivity index (χ4n) is 3.41. The Hall–Kier alpha value is -2.68. The largest absolute Gasteiger partial charge is 0.299 e. The normalized spacial score (nSPS) is 11.7. The van der Waals surface area contributed by atoms with Gasteiger partial charge in [0.05, 0.1) is 16.6 Å². The predicted molar refractivity (Wildman–Crippen MR) is 98.1 cm³/mol. The van der Waals surface area contributed by atoms with Crippen LogP contribution in [0.2, 0.25) is 0 Å². The fourth-order valence-corrected chi connectivity index (χ4v) is 3.41. The van der Waals surface area contributed by atoms with Gasteiger partial charge in [0.2, 0.25) is 5.69 Å². The van der Waals surface area contributed by atoms with Gasteiger partial charge < -0.3 is 0 Å². The van der Waals surface area contributed by atoms with Crippen molar-refractivity contribution >= 4 is 16.7 Å². The summed E-state index contributed by atoms with van der Waals surface area (Å²) in [4.78, 5) is 4.74. The predicted octanol–water partition coefficient (Wildman–Crippen LogP) is 4.41. The van der Waals surface area contributed by atoms with Crippen molar-refractivity contribution < 1.29 is 4.57 Å². The zero-order valence-corrected chi connectivity index (χ0v) is 14.6. The molecule has 0 bridgehead atoms. The molecule has 4 aromatic rings. The van der Waals surface area contributed by atoms with Gasteiger partial charge in [-0.3, -0.25) is 4.40 Å². The van der Waals surface area contributed by atoms with Crippen molar-refractivity contribution in [3.63, 3.8) is 0 Å². The van der Waals surface area contributed by atoms with E-state index in [0.29, 0.717) is 5.92 Å². The molecule has 0 saturated carbocycles. The molecule has 3 nitrogen and oxygen atoms in total.